The molecular formula is C14H12N2OS. The van der Waals surface area contributed by atoms with Gasteiger partial charge in [0.05, 0.1) is 17.7 Å². The standard InChI is InChI=1S/C14H12N2OS/c15-14-12-5-6-16-8-10(12)3-4-13(14)18-9-11-2-1-7-17-11/h1-8H,9,15H2. The molecule has 0 saturated heterocycles. The Balaban J connectivity index is 1.90. The Hall–Kier alpha value is -1.94. The van der Waals surface area contributed by atoms with E-state index in [1.807, 2.05) is 36.5 Å². The molecule has 0 amide bonds. The van der Waals surface area contributed by atoms with Crippen LogP contribution in [0.5, 0.6) is 0 Å². The van der Waals surface area contributed by atoms with Crippen LogP contribution in [0.1, 0.15) is 5.76 Å². The minimum Gasteiger partial charge on any atom is -0.468 e. The molecule has 0 aliphatic carbocycles. The van der Waals surface area contributed by atoms with Gasteiger partial charge < -0.3 is 10.2 Å². The van der Waals surface area contributed by atoms with Crippen molar-refractivity contribution < 1.29 is 4.42 Å². The summed E-state index contributed by atoms with van der Waals surface area (Å²) in [6.45, 7) is 0. The molecular weight excluding hydrogens is 244 g/mol. The molecule has 2 heterocycles. The van der Waals surface area contributed by atoms with Gasteiger partial charge in [0.15, 0.2) is 0 Å². The Kier molecular flexibility index (Phi) is 2.94. The molecule has 0 aliphatic rings. The Morgan fingerprint density at radius 3 is 3.00 bits per heavy atom. The van der Waals surface area contributed by atoms with Crippen LogP contribution in [0.2, 0.25) is 0 Å². The molecule has 1 aromatic carbocycles. The third-order valence-corrected chi connectivity index (χ3v) is 3.87. The SMILES string of the molecule is Nc1c(SCc2ccco2)ccc2cnccc12. The summed E-state index contributed by atoms with van der Waals surface area (Å²) >= 11 is 1.68. The highest BCUT2D eigenvalue weighted by atomic mass is 32.2. The summed E-state index contributed by atoms with van der Waals surface area (Å²) in [7, 11) is 0. The van der Waals surface area contributed by atoms with Crippen LogP contribution in [0.3, 0.4) is 0 Å². The number of anilines is 1. The predicted octanol–water partition coefficient (Wildman–Crippen LogP) is 3.70. The van der Waals surface area contributed by atoms with Crippen molar-refractivity contribution in [1.29, 1.82) is 0 Å². The number of thioether (sulfide) groups is 1. The van der Waals surface area contributed by atoms with Crippen molar-refractivity contribution in [1.82, 2.24) is 4.98 Å². The van der Waals surface area contributed by atoms with Gasteiger partial charge in [0.1, 0.15) is 5.76 Å². The molecule has 90 valence electrons. The largest absolute Gasteiger partial charge is 0.468 e. The number of furan rings is 1. The van der Waals surface area contributed by atoms with Crippen LogP contribution in [0, 0.1) is 0 Å². The maximum atomic E-state index is 6.18. The molecule has 0 radical (unpaired) electrons. The van der Waals surface area contributed by atoms with E-state index >= 15 is 0 Å². The minimum absolute atomic E-state index is 0.786. The quantitative estimate of drug-likeness (QED) is 0.573. The van der Waals surface area contributed by atoms with Crippen LogP contribution >= 0.6 is 11.8 Å². The van der Waals surface area contributed by atoms with Gasteiger partial charge in [-0.3, -0.25) is 4.98 Å². The Labute approximate surface area is 109 Å². The monoisotopic (exact) mass is 256 g/mol. The van der Waals surface area contributed by atoms with Gasteiger partial charge in [0, 0.05) is 28.1 Å². The first-order chi connectivity index (χ1) is 8.84. The highest BCUT2D eigenvalue weighted by Gasteiger charge is 2.06. The first-order valence-electron chi connectivity index (χ1n) is 5.62. The zero-order chi connectivity index (χ0) is 12.4. The average molecular weight is 256 g/mol. The first kappa shape index (κ1) is 11.2. The highest BCUT2D eigenvalue weighted by Crippen LogP contribution is 2.33. The van der Waals surface area contributed by atoms with Crippen molar-refractivity contribution in [2.24, 2.45) is 0 Å². The predicted molar refractivity (Wildman–Crippen MR) is 74.4 cm³/mol. The number of hydrogen-bond acceptors (Lipinski definition) is 4. The fourth-order valence-electron chi connectivity index (χ4n) is 1.84. The normalized spacial score (nSPS) is 10.9. The van der Waals surface area contributed by atoms with Crippen molar-refractivity contribution in [3.8, 4) is 0 Å². The second-order valence-corrected chi connectivity index (χ2v) is 4.96. The van der Waals surface area contributed by atoms with Crippen LogP contribution in [0.25, 0.3) is 10.8 Å². The number of rotatable bonds is 3. The first-order valence-corrected chi connectivity index (χ1v) is 6.60. The lowest BCUT2D eigenvalue weighted by Crippen LogP contribution is -1.91. The van der Waals surface area contributed by atoms with E-state index in [0.29, 0.717) is 0 Å². The lowest BCUT2D eigenvalue weighted by atomic mass is 10.1. The molecule has 0 bridgehead atoms. The zero-order valence-corrected chi connectivity index (χ0v) is 10.5. The number of pyridine rings is 1. The molecule has 0 fully saturated rings. The van der Waals surface area contributed by atoms with E-state index in [1.54, 1.807) is 24.2 Å². The third-order valence-electron chi connectivity index (χ3n) is 2.77. The molecule has 3 aromatic rings. The lowest BCUT2D eigenvalue weighted by Gasteiger charge is -2.07. The molecule has 0 saturated carbocycles. The number of benzene rings is 1. The number of aromatic nitrogens is 1. The second kappa shape index (κ2) is 4.74. The van der Waals surface area contributed by atoms with Gasteiger partial charge in [-0.2, -0.15) is 0 Å². The smallest absolute Gasteiger partial charge is 0.113 e. The van der Waals surface area contributed by atoms with E-state index in [0.717, 1.165) is 32.9 Å². The molecule has 0 aliphatic heterocycles. The Morgan fingerprint density at radius 2 is 2.17 bits per heavy atom. The summed E-state index contributed by atoms with van der Waals surface area (Å²) in [5.41, 5.74) is 6.99. The van der Waals surface area contributed by atoms with Crippen molar-refractivity contribution in [3.05, 3.63) is 54.7 Å². The van der Waals surface area contributed by atoms with Crippen molar-refractivity contribution >= 4 is 28.2 Å². The van der Waals surface area contributed by atoms with Gasteiger partial charge in [0.25, 0.3) is 0 Å². The molecule has 0 unspecified atom stereocenters. The lowest BCUT2D eigenvalue weighted by molar-refractivity contribution is 0.530. The summed E-state index contributed by atoms with van der Waals surface area (Å²) in [6, 6.07) is 9.89. The van der Waals surface area contributed by atoms with E-state index in [4.69, 9.17) is 10.2 Å². The summed E-state index contributed by atoms with van der Waals surface area (Å²) in [6.07, 6.45) is 5.28. The summed E-state index contributed by atoms with van der Waals surface area (Å²) in [5, 5.41) is 2.12. The molecule has 3 nitrogen and oxygen atoms in total. The molecule has 2 aromatic heterocycles. The van der Waals surface area contributed by atoms with Gasteiger partial charge >= 0.3 is 0 Å². The van der Waals surface area contributed by atoms with Gasteiger partial charge in [0.2, 0.25) is 0 Å². The van der Waals surface area contributed by atoms with Gasteiger partial charge in [-0.1, -0.05) is 6.07 Å². The van der Waals surface area contributed by atoms with E-state index in [2.05, 4.69) is 4.98 Å². The zero-order valence-electron chi connectivity index (χ0n) is 9.67. The Morgan fingerprint density at radius 1 is 1.22 bits per heavy atom. The van der Waals surface area contributed by atoms with E-state index in [-0.39, 0.29) is 0 Å². The third kappa shape index (κ3) is 2.07. The second-order valence-electron chi connectivity index (χ2n) is 3.94. The van der Waals surface area contributed by atoms with Crippen molar-refractivity contribution in [2.45, 2.75) is 10.6 Å². The van der Waals surface area contributed by atoms with Crippen molar-refractivity contribution in [3.63, 3.8) is 0 Å². The molecule has 18 heavy (non-hydrogen) atoms. The average Bonchev–Trinajstić information content (AvgIpc) is 2.91. The maximum absolute atomic E-state index is 6.18. The molecule has 0 spiro atoms. The number of nitrogens with zero attached hydrogens (tertiary/aromatic N) is 1. The highest BCUT2D eigenvalue weighted by molar-refractivity contribution is 7.98. The van der Waals surface area contributed by atoms with Crippen molar-refractivity contribution in [2.75, 3.05) is 5.73 Å². The fraction of sp³-hybridized carbons (Fsp3) is 0.0714. The summed E-state index contributed by atoms with van der Waals surface area (Å²) in [4.78, 5) is 5.17. The molecule has 0 atom stereocenters. The molecule has 3 rings (SSSR count). The van der Waals surface area contributed by atoms with E-state index in [9.17, 15) is 0 Å². The summed E-state index contributed by atoms with van der Waals surface area (Å²) < 4.78 is 5.31. The van der Waals surface area contributed by atoms with Crippen LogP contribution < -0.4 is 5.73 Å². The van der Waals surface area contributed by atoms with E-state index < -0.39 is 0 Å². The van der Waals surface area contributed by atoms with Crippen LogP contribution in [0.4, 0.5) is 5.69 Å². The number of nitrogens with two attached hydrogens (primary N) is 1. The van der Waals surface area contributed by atoms with Gasteiger partial charge in [-0.15, -0.1) is 11.8 Å². The molecule has 2 N–H and O–H groups in total. The maximum Gasteiger partial charge on any atom is 0.113 e. The fourth-order valence-corrected chi connectivity index (χ4v) is 2.73. The summed E-state index contributed by atoms with van der Waals surface area (Å²) in [5.74, 6) is 1.74. The van der Waals surface area contributed by atoms with Crippen LogP contribution in [0.15, 0.2) is 58.3 Å². The minimum atomic E-state index is 0.786. The van der Waals surface area contributed by atoms with Gasteiger partial charge in [-0.25, -0.2) is 0 Å². The Bertz CT molecular complexity index is 665. The molecule has 4 heteroatoms. The number of nitrogen functional groups attached to an aromatic ring is 1. The van der Waals surface area contributed by atoms with Crippen LogP contribution in [-0.4, -0.2) is 4.98 Å². The van der Waals surface area contributed by atoms with Gasteiger partial charge in [-0.05, 0) is 24.3 Å². The van der Waals surface area contributed by atoms with E-state index in [1.165, 1.54) is 0 Å². The number of hydrogen-bond donors (Lipinski definition) is 1. The van der Waals surface area contributed by atoms with Crippen LogP contribution in [-0.2, 0) is 5.75 Å². The topological polar surface area (TPSA) is 52.0 Å². The number of fused-ring (bicyclic) bond motifs is 1.